The molecule has 2 aliphatic carbocycles. The van der Waals surface area contributed by atoms with E-state index in [4.69, 9.17) is 9.84 Å². The fraction of sp³-hybridized carbons (Fsp3) is 0.378. The number of aromatic amines is 1. The first-order valence-corrected chi connectivity index (χ1v) is 18.4. The monoisotopic (exact) mass is 697 g/mol. The number of carboxylic acids is 1. The van der Waals surface area contributed by atoms with E-state index in [2.05, 4.69) is 10.3 Å². The Bertz CT molecular complexity index is 2020. The van der Waals surface area contributed by atoms with Crippen molar-refractivity contribution in [2.45, 2.75) is 48.3 Å². The van der Waals surface area contributed by atoms with Crippen LogP contribution in [0.25, 0.3) is 10.8 Å². The first kappa shape index (κ1) is 31.8. The largest absolute Gasteiger partial charge is 0.484 e. The standard InChI is InChI=1S/C37H35N3O7S2/c41-26(38-25-10-6-8-19-7-3-4-9-22(19)25)18-47-21-14-12-20(13-15-21)28-29-23-17-24(32(29)48-34-33(28)49-37(46)39-34)31-30(23)35(44)40(36(31)45)16-5-1-2-11-27(42)43/h3-4,6-10,12-15,23-24,28-32H,1-2,5,11,16-18H2,(H,38,41)(H,39,46)(H,42,43)/t23?,24?,28-,29?,30?,31?,32?/m1/s1. The van der Waals surface area contributed by atoms with Gasteiger partial charge in [-0.15, -0.1) is 11.8 Å². The third-order valence-electron chi connectivity index (χ3n) is 10.8. The van der Waals surface area contributed by atoms with E-state index >= 15 is 0 Å². The van der Waals surface area contributed by atoms with Crippen LogP contribution in [-0.2, 0) is 19.2 Å². The van der Waals surface area contributed by atoms with Crippen LogP contribution in [0, 0.1) is 29.6 Å². The average Bonchev–Trinajstić information content (AvgIpc) is 3.83. The number of hydrogen-bond donors (Lipinski definition) is 3. The summed E-state index contributed by atoms with van der Waals surface area (Å²) in [5, 5.41) is 14.8. The normalized spacial score (nSPS) is 26.4. The number of likely N-dealkylation sites (tertiary alicyclic amines) is 1. The number of ether oxygens (including phenoxy) is 1. The van der Waals surface area contributed by atoms with Gasteiger partial charge in [0.2, 0.25) is 11.8 Å². The topological polar surface area (TPSA) is 146 Å². The number of H-pyrrole nitrogens is 1. The highest BCUT2D eigenvalue weighted by Gasteiger charge is 2.69. The molecule has 12 heteroatoms. The van der Waals surface area contributed by atoms with Crippen molar-refractivity contribution in [3.63, 3.8) is 0 Å². The van der Waals surface area contributed by atoms with Crippen molar-refractivity contribution in [3.05, 3.63) is 86.8 Å². The second-order valence-electron chi connectivity index (χ2n) is 13.4. The number of anilines is 1. The number of carboxylic acid groups (broad SMARTS) is 1. The van der Waals surface area contributed by atoms with E-state index in [-0.39, 0.29) is 76.4 Å². The second-order valence-corrected chi connectivity index (χ2v) is 15.6. The van der Waals surface area contributed by atoms with E-state index in [1.165, 1.54) is 16.2 Å². The molecule has 1 saturated heterocycles. The summed E-state index contributed by atoms with van der Waals surface area (Å²) in [7, 11) is 0. The zero-order chi connectivity index (χ0) is 33.8. The number of carbonyl (C=O) groups is 4. The van der Waals surface area contributed by atoms with Gasteiger partial charge in [-0.3, -0.25) is 28.9 Å². The van der Waals surface area contributed by atoms with E-state index in [0.29, 0.717) is 31.6 Å². The summed E-state index contributed by atoms with van der Waals surface area (Å²) in [5.74, 6) is -1.42. The van der Waals surface area contributed by atoms with Crippen LogP contribution >= 0.6 is 23.1 Å². The Hall–Kier alpha value is -4.42. The van der Waals surface area contributed by atoms with E-state index in [1.54, 1.807) is 11.8 Å². The maximum atomic E-state index is 13.8. The molecule has 7 atom stereocenters. The molecule has 49 heavy (non-hydrogen) atoms. The lowest BCUT2D eigenvalue weighted by molar-refractivity contribution is -0.141. The number of amides is 3. The molecule has 10 nitrogen and oxygen atoms in total. The number of nitrogens with zero attached hydrogens (tertiary/aromatic N) is 1. The van der Waals surface area contributed by atoms with Gasteiger partial charge in [0, 0.05) is 40.1 Å². The number of benzene rings is 3. The molecule has 3 amide bonds. The van der Waals surface area contributed by atoms with Crippen molar-refractivity contribution in [1.82, 2.24) is 9.88 Å². The zero-order valence-electron chi connectivity index (χ0n) is 26.5. The number of thiazole rings is 1. The predicted octanol–water partition coefficient (Wildman–Crippen LogP) is 5.73. The summed E-state index contributed by atoms with van der Waals surface area (Å²) >= 11 is 2.87. The van der Waals surface area contributed by atoms with Crippen molar-refractivity contribution in [2.24, 2.45) is 29.6 Å². The van der Waals surface area contributed by atoms with E-state index in [9.17, 15) is 24.0 Å². The van der Waals surface area contributed by atoms with Crippen molar-refractivity contribution in [1.29, 1.82) is 0 Å². The average molecular weight is 698 g/mol. The van der Waals surface area contributed by atoms with Crippen LogP contribution in [0.3, 0.4) is 0 Å². The SMILES string of the molecule is O=C(O)CCCCCN1C(=O)C2C3CC(C2C1=O)C1C3Sc2[nH]c(=O)sc2[C@@H]1c1ccc(OCC(=O)Nc2cccc3ccccc23)cc1. The number of aromatic nitrogens is 1. The number of aliphatic carboxylic acids is 1. The minimum Gasteiger partial charge on any atom is -0.484 e. The molecule has 8 rings (SSSR count). The fourth-order valence-corrected chi connectivity index (χ4v) is 11.7. The summed E-state index contributed by atoms with van der Waals surface area (Å²) in [5.41, 5.74) is 1.73. The second kappa shape index (κ2) is 12.8. The van der Waals surface area contributed by atoms with Gasteiger partial charge in [0.15, 0.2) is 6.61 Å². The van der Waals surface area contributed by atoms with Gasteiger partial charge in [-0.25, -0.2) is 0 Å². The van der Waals surface area contributed by atoms with Gasteiger partial charge in [0.1, 0.15) is 5.75 Å². The van der Waals surface area contributed by atoms with Crippen LogP contribution < -0.4 is 14.9 Å². The molecule has 2 saturated carbocycles. The minimum absolute atomic E-state index is 0.0185. The van der Waals surface area contributed by atoms with Crippen LogP contribution in [0.5, 0.6) is 5.75 Å². The molecule has 252 valence electrons. The van der Waals surface area contributed by atoms with E-state index < -0.39 is 5.97 Å². The molecule has 2 bridgehead atoms. The highest BCUT2D eigenvalue weighted by Crippen LogP contribution is 2.68. The Labute approximate surface area is 290 Å². The van der Waals surface area contributed by atoms with Crippen LogP contribution in [0.1, 0.15) is 48.5 Å². The molecule has 6 unspecified atom stereocenters. The molecule has 0 spiro atoms. The van der Waals surface area contributed by atoms with Gasteiger partial charge < -0.3 is 20.1 Å². The number of imide groups is 1. The smallest absolute Gasteiger partial charge is 0.305 e. The van der Waals surface area contributed by atoms with Gasteiger partial charge in [-0.1, -0.05) is 66.3 Å². The number of unbranched alkanes of at least 4 members (excludes halogenated alkanes) is 2. The maximum Gasteiger partial charge on any atom is 0.305 e. The lowest BCUT2D eigenvalue weighted by atomic mass is 9.68. The summed E-state index contributed by atoms with van der Waals surface area (Å²) in [4.78, 5) is 69.0. The minimum atomic E-state index is -0.841. The number of carbonyl (C=O) groups excluding carboxylic acids is 3. The van der Waals surface area contributed by atoms with E-state index in [0.717, 1.165) is 38.3 Å². The molecule has 0 radical (unpaired) electrons. The Balaban J connectivity index is 0.982. The quantitative estimate of drug-likeness (QED) is 0.133. The van der Waals surface area contributed by atoms with Gasteiger partial charge >= 0.3 is 10.8 Å². The highest BCUT2D eigenvalue weighted by molar-refractivity contribution is 8.00. The molecule has 4 aliphatic rings. The van der Waals surface area contributed by atoms with Crippen molar-refractivity contribution < 1.29 is 29.0 Å². The van der Waals surface area contributed by atoms with Crippen LogP contribution in [0.15, 0.2) is 76.6 Å². The first-order chi connectivity index (χ1) is 23.8. The Kier molecular flexibility index (Phi) is 8.31. The molecular weight excluding hydrogens is 663 g/mol. The van der Waals surface area contributed by atoms with Crippen LogP contribution in [0.4, 0.5) is 5.69 Å². The maximum absolute atomic E-state index is 13.8. The summed E-state index contributed by atoms with van der Waals surface area (Å²) in [6.45, 7) is 0.174. The highest BCUT2D eigenvalue weighted by atomic mass is 32.2. The molecule has 2 aliphatic heterocycles. The van der Waals surface area contributed by atoms with Crippen molar-refractivity contribution in [2.75, 3.05) is 18.5 Å². The van der Waals surface area contributed by atoms with Gasteiger partial charge in [0.05, 0.1) is 16.9 Å². The van der Waals surface area contributed by atoms with Crippen molar-refractivity contribution >= 4 is 63.2 Å². The molecule has 3 aromatic carbocycles. The van der Waals surface area contributed by atoms with E-state index in [1.807, 2.05) is 66.7 Å². The Morgan fingerprint density at radius 3 is 2.47 bits per heavy atom. The number of fused-ring (bicyclic) bond motifs is 10. The summed E-state index contributed by atoms with van der Waals surface area (Å²) in [6, 6.07) is 21.3. The third-order valence-corrected chi connectivity index (χ3v) is 13.3. The number of thioether (sulfide) groups is 1. The van der Waals surface area contributed by atoms with Crippen molar-refractivity contribution in [3.8, 4) is 5.75 Å². The molecule has 3 heterocycles. The molecular formula is C37H35N3O7S2. The molecule has 3 fully saturated rings. The van der Waals surface area contributed by atoms with Gasteiger partial charge in [0.25, 0.3) is 5.91 Å². The lowest BCUT2D eigenvalue weighted by Crippen LogP contribution is -2.42. The van der Waals surface area contributed by atoms with Crippen LogP contribution in [0.2, 0.25) is 0 Å². The zero-order valence-corrected chi connectivity index (χ0v) is 28.1. The Morgan fingerprint density at radius 1 is 0.918 bits per heavy atom. The predicted molar refractivity (Wildman–Crippen MR) is 186 cm³/mol. The number of nitrogens with one attached hydrogen (secondary N) is 2. The molecule has 4 aromatic rings. The third kappa shape index (κ3) is 5.64. The molecule has 3 N–H and O–H groups in total. The number of rotatable bonds is 11. The van der Waals surface area contributed by atoms with Gasteiger partial charge in [-0.2, -0.15) is 0 Å². The fourth-order valence-electron chi connectivity index (χ4n) is 8.84. The number of hydrogen-bond acceptors (Lipinski definition) is 8. The molecule has 1 aromatic heterocycles. The summed E-state index contributed by atoms with van der Waals surface area (Å²) < 4.78 is 5.87. The van der Waals surface area contributed by atoms with Crippen LogP contribution in [-0.4, -0.2) is 57.1 Å². The first-order valence-electron chi connectivity index (χ1n) is 16.8. The summed E-state index contributed by atoms with van der Waals surface area (Å²) in [6.07, 6.45) is 2.66. The Morgan fingerprint density at radius 2 is 1.67 bits per heavy atom. The van der Waals surface area contributed by atoms with Gasteiger partial charge in [-0.05, 0) is 66.2 Å². The lowest BCUT2D eigenvalue weighted by Gasteiger charge is -2.43.